The molecule has 13 heavy (non-hydrogen) atoms. The lowest BCUT2D eigenvalue weighted by Gasteiger charge is -2.08. The summed E-state index contributed by atoms with van der Waals surface area (Å²) in [4.78, 5) is 14.2. The Morgan fingerprint density at radius 2 is 1.77 bits per heavy atom. The van der Waals surface area contributed by atoms with Gasteiger partial charge in [0.15, 0.2) is 0 Å². The molecule has 0 fully saturated rings. The van der Waals surface area contributed by atoms with Gasteiger partial charge in [-0.2, -0.15) is 0 Å². The Bertz CT molecular complexity index is 256. The summed E-state index contributed by atoms with van der Waals surface area (Å²) in [6.07, 6.45) is 0. The lowest BCUT2D eigenvalue weighted by Crippen LogP contribution is -2.16. The van der Waals surface area contributed by atoms with E-state index < -0.39 is 19.3 Å². The first-order chi connectivity index (χ1) is 6.00. The highest BCUT2D eigenvalue weighted by Gasteiger charge is 2.32. The fourth-order valence-electron chi connectivity index (χ4n) is 0.432. The number of hydrogen-bond acceptors (Lipinski definition) is 5. The third-order valence-corrected chi connectivity index (χ3v) is 2.66. The Balaban J connectivity index is 4.69. The fourth-order valence-corrected chi connectivity index (χ4v) is 1.11. The van der Waals surface area contributed by atoms with Gasteiger partial charge in [0.2, 0.25) is 0 Å². The largest absolute Gasteiger partial charge is 0.468 e. The Morgan fingerprint density at radius 3 is 2.08 bits per heavy atom. The number of carbonyl (C=O) groups is 1. The Morgan fingerprint density at radius 1 is 1.31 bits per heavy atom. The van der Waals surface area contributed by atoms with Crippen molar-refractivity contribution < 1.29 is 23.1 Å². The molecule has 0 spiro atoms. The van der Waals surface area contributed by atoms with Gasteiger partial charge < -0.3 is 19.5 Å². The zero-order valence-corrected chi connectivity index (χ0v) is 8.41. The molecule has 0 bridgehead atoms. The minimum Gasteiger partial charge on any atom is -0.468 e. The second kappa shape index (κ2) is 4.96. The number of ether oxygens (including phenoxy) is 1. The lowest BCUT2D eigenvalue weighted by molar-refractivity contribution is 0.239. The molecule has 0 saturated heterocycles. The fraction of sp³-hybridized carbons (Fsp3) is 0.600. The van der Waals surface area contributed by atoms with Crippen LogP contribution >= 0.6 is 7.60 Å². The normalized spacial score (nSPS) is 12.7. The minimum atomic E-state index is -3.83. The van der Waals surface area contributed by atoms with E-state index >= 15 is 0 Å². The first-order valence-corrected chi connectivity index (χ1v) is 4.68. The van der Waals surface area contributed by atoms with Crippen molar-refractivity contribution in [3.63, 3.8) is 0 Å². The van der Waals surface area contributed by atoms with Crippen LogP contribution in [0.4, 0.5) is 4.79 Å². The quantitative estimate of drug-likeness (QED) is 0.414. The molecule has 0 aliphatic heterocycles. The first-order valence-electron chi connectivity index (χ1n) is 3.14. The van der Waals surface area contributed by atoms with Crippen molar-refractivity contribution in [3.05, 3.63) is 0 Å². The molecule has 2 N–H and O–H groups in total. The number of amidine groups is 1. The third-order valence-electron chi connectivity index (χ3n) is 1.13. The van der Waals surface area contributed by atoms with E-state index in [1.54, 1.807) is 0 Å². The molecule has 76 valence electrons. The molecule has 0 saturated carbocycles. The Hall–Kier alpha value is -0.910. The van der Waals surface area contributed by atoms with Gasteiger partial charge >= 0.3 is 13.2 Å². The molecule has 1 amide bonds. The zero-order valence-electron chi connectivity index (χ0n) is 7.51. The molecule has 7 nitrogen and oxygen atoms in total. The molecule has 8 heteroatoms. The van der Waals surface area contributed by atoms with E-state index in [4.69, 9.17) is 5.73 Å². The van der Waals surface area contributed by atoms with Gasteiger partial charge in [0.1, 0.15) is 0 Å². The van der Waals surface area contributed by atoms with E-state index in [1.807, 2.05) is 0 Å². The number of amides is 1. The molecule has 0 heterocycles. The van der Waals surface area contributed by atoms with Gasteiger partial charge in [-0.1, -0.05) is 0 Å². The topological polar surface area (TPSA) is 100 Å². The van der Waals surface area contributed by atoms with Crippen molar-refractivity contribution in [1.29, 1.82) is 0 Å². The van der Waals surface area contributed by atoms with Crippen molar-refractivity contribution in [1.82, 2.24) is 0 Å². The molecule has 0 aliphatic rings. The first kappa shape index (κ1) is 12.1. The summed E-state index contributed by atoms with van der Waals surface area (Å²) < 4.78 is 24.4. The summed E-state index contributed by atoms with van der Waals surface area (Å²) in [5.41, 5.74) is 3.95. The molecule has 0 aromatic carbocycles. The van der Waals surface area contributed by atoms with Crippen LogP contribution in [0, 0.1) is 0 Å². The van der Waals surface area contributed by atoms with Crippen molar-refractivity contribution in [2.24, 2.45) is 10.7 Å². The van der Waals surface area contributed by atoms with Gasteiger partial charge in [-0.25, -0.2) is 4.57 Å². The maximum Gasteiger partial charge on any atom is 0.420 e. The number of nitrogens with two attached hydrogens (primary N) is 1. The molecule has 0 aliphatic carbocycles. The average Bonchev–Trinajstić information content (AvgIpc) is 2.16. The second-order valence-corrected chi connectivity index (χ2v) is 3.91. The molecule has 0 rings (SSSR count). The summed E-state index contributed by atoms with van der Waals surface area (Å²) in [6.45, 7) is 0. The van der Waals surface area contributed by atoms with Crippen LogP contribution in [0.2, 0.25) is 0 Å². The second-order valence-electron chi connectivity index (χ2n) is 1.80. The molecule has 0 aromatic heterocycles. The van der Waals surface area contributed by atoms with E-state index in [0.29, 0.717) is 0 Å². The van der Waals surface area contributed by atoms with Gasteiger partial charge in [-0.15, -0.1) is 4.99 Å². The monoisotopic (exact) mass is 210 g/mol. The standard InChI is InChI=1S/C5H11N2O5P/c1-10-4(6)7-5(8)13(9,11-2)12-3/h1-3H3,(H2,6,7,8). The average molecular weight is 210 g/mol. The van der Waals surface area contributed by atoms with Crippen molar-refractivity contribution in [3.8, 4) is 0 Å². The van der Waals surface area contributed by atoms with E-state index in [1.165, 1.54) is 7.11 Å². The van der Waals surface area contributed by atoms with E-state index in [9.17, 15) is 9.36 Å². The number of carbonyl (C=O) groups excluding carboxylic acids is 1. The predicted molar refractivity (Wildman–Crippen MR) is 45.7 cm³/mol. The van der Waals surface area contributed by atoms with Gasteiger partial charge in [-0.05, 0) is 0 Å². The van der Waals surface area contributed by atoms with Crippen LogP contribution < -0.4 is 5.73 Å². The van der Waals surface area contributed by atoms with Crippen LogP contribution in [-0.2, 0) is 18.3 Å². The maximum atomic E-state index is 11.3. The van der Waals surface area contributed by atoms with Gasteiger partial charge in [0.05, 0.1) is 7.11 Å². The van der Waals surface area contributed by atoms with E-state index in [2.05, 4.69) is 18.8 Å². The molecule has 0 unspecified atom stereocenters. The van der Waals surface area contributed by atoms with Crippen LogP contribution in [0.15, 0.2) is 4.99 Å². The van der Waals surface area contributed by atoms with Crippen LogP contribution in [0.25, 0.3) is 0 Å². The molecule has 0 aromatic rings. The molecular formula is C5H11N2O5P. The van der Waals surface area contributed by atoms with Gasteiger partial charge in [0, 0.05) is 14.2 Å². The van der Waals surface area contributed by atoms with Gasteiger partial charge in [0.25, 0.3) is 6.02 Å². The SMILES string of the molecule is COC(N)=NC(=O)P(=O)(OC)OC. The highest BCUT2D eigenvalue weighted by atomic mass is 31.2. The minimum absolute atomic E-state index is 0.403. The number of nitrogens with zero attached hydrogens (tertiary/aromatic N) is 1. The Kier molecular flexibility index (Phi) is 4.61. The number of rotatable bonds is 3. The smallest absolute Gasteiger partial charge is 0.420 e. The van der Waals surface area contributed by atoms with Crippen molar-refractivity contribution in [2.45, 2.75) is 0 Å². The summed E-state index contributed by atoms with van der Waals surface area (Å²) >= 11 is 0. The van der Waals surface area contributed by atoms with Crippen LogP contribution in [0.5, 0.6) is 0 Å². The Labute approximate surface area is 75.4 Å². The summed E-state index contributed by atoms with van der Waals surface area (Å²) in [6, 6.07) is -0.403. The van der Waals surface area contributed by atoms with Crippen LogP contribution in [0.3, 0.4) is 0 Å². The van der Waals surface area contributed by atoms with Crippen LogP contribution in [-0.4, -0.2) is 33.0 Å². The summed E-state index contributed by atoms with van der Waals surface area (Å²) in [5.74, 6) is 0. The third kappa shape index (κ3) is 3.14. The molecule has 0 radical (unpaired) electrons. The highest BCUT2D eigenvalue weighted by molar-refractivity contribution is 7.71. The number of aliphatic imine (C=N–C) groups is 1. The highest BCUT2D eigenvalue weighted by Crippen LogP contribution is 2.48. The van der Waals surface area contributed by atoms with E-state index in [0.717, 1.165) is 14.2 Å². The van der Waals surface area contributed by atoms with Gasteiger partial charge in [-0.3, -0.25) is 4.79 Å². The lowest BCUT2D eigenvalue weighted by atomic mass is 11.1. The number of methoxy groups -OCH3 is 1. The van der Waals surface area contributed by atoms with Crippen molar-refractivity contribution >= 4 is 19.3 Å². The summed E-state index contributed by atoms with van der Waals surface area (Å²) in [7, 11) is -0.466. The molecule has 0 atom stereocenters. The molecular weight excluding hydrogens is 199 g/mol. The van der Waals surface area contributed by atoms with E-state index in [-0.39, 0.29) is 0 Å². The zero-order chi connectivity index (χ0) is 10.5. The predicted octanol–water partition coefficient (Wildman–Crippen LogP) is 0.553. The maximum absolute atomic E-state index is 11.3. The summed E-state index contributed by atoms with van der Waals surface area (Å²) in [5, 5.41) is 0. The number of hydrogen-bond donors (Lipinski definition) is 1. The van der Waals surface area contributed by atoms with Crippen LogP contribution in [0.1, 0.15) is 0 Å². The van der Waals surface area contributed by atoms with Crippen molar-refractivity contribution in [2.75, 3.05) is 21.3 Å².